The maximum absolute atomic E-state index is 11.6. The number of para-hydroxylation sites is 1. The zero-order valence-corrected chi connectivity index (χ0v) is 10.4. The molecule has 0 saturated heterocycles. The highest BCUT2D eigenvalue weighted by atomic mass is 16.2. The van der Waals surface area contributed by atoms with Gasteiger partial charge in [-0.3, -0.25) is 9.78 Å². The van der Waals surface area contributed by atoms with E-state index in [0.29, 0.717) is 13.0 Å². The fourth-order valence-corrected chi connectivity index (χ4v) is 1.81. The average Bonchev–Trinajstić information content (AvgIpc) is 2.43. The molecule has 0 unspecified atom stereocenters. The summed E-state index contributed by atoms with van der Waals surface area (Å²) in [4.78, 5) is 16.0. The first-order valence-electron chi connectivity index (χ1n) is 6.08. The number of fused-ring (bicyclic) bond motifs is 1. The zero-order valence-electron chi connectivity index (χ0n) is 10.4. The van der Waals surface area contributed by atoms with Crippen LogP contribution < -0.4 is 11.1 Å². The molecule has 0 spiro atoms. The molecule has 18 heavy (non-hydrogen) atoms. The molecule has 2 rings (SSSR count). The van der Waals surface area contributed by atoms with Gasteiger partial charge in [-0.25, -0.2) is 0 Å². The Balaban J connectivity index is 2.15. The summed E-state index contributed by atoms with van der Waals surface area (Å²) < 4.78 is 0. The lowest BCUT2D eigenvalue weighted by Gasteiger charge is -2.11. The van der Waals surface area contributed by atoms with E-state index >= 15 is 0 Å². The van der Waals surface area contributed by atoms with Crippen LogP contribution in [0.4, 0.5) is 0 Å². The molecule has 0 saturated carbocycles. The largest absolute Gasteiger partial charge is 0.351 e. The van der Waals surface area contributed by atoms with E-state index in [4.69, 9.17) is 5.73 Å². The summed E-state index contributed by atoms with van der Waals surface area (Å²) in [5.41, 5.74) is 7.59. The summed E-state index contributed by atoms with van der Waals surface area (Å²) in [5, 5.41) is 3.91. The van der Waals surface area contributed by atoms with Gasteiger partial charge in [-0.1, -0.05) is 31.2 Å². The Kier molecular flexibility index (Phi) is 3.89. The molecule has 1 amide bonds. The first-order chi connectivity index (χ1) is 8.72. The first-order valence-corrected chi connectivity index (χ1v) is 6.08. The molecule has 2 aromatic rings. The number of nitrogens with one attached hydrogen (secondary N) is 1. The van der Waals surface area contributed by atoms with Crippen molar-refractivity contribution in [1.82, 2.24) is 10.3 Å². The Bertz CT molecular complexity index is 548. The standard InChI is InChI=1S/C14H17N3O/c1-2-12(15)14(18)17-9-11-6-3-5-10-7-4-8-16-13(10)11/h3-8,12H,2,9,15H2,1H3,(H,17,18)/t12-/m0/s1. The molecular weight excluding hydrogens is 226 g/mol. The molecule has 1 heterocycles. The van der Waals surface area contributed by atoms with Crippen molar-refractivity contribution in [2.45, 2.75) is 25.9 Å². The summed E-state index contributed by atoms with van der Waals surface area (Å²) >= 11 is 0. The van der Waals surface area contributed by atoms with Crippen molar-refractivity contribution in [2.24, 2.45) is 5.73 Å². The van der Waals surface area contributed by atoms with Crippen molar-refractivity contribution in [3.05, 3.63) is 42.1 Å². The lowest BCUT2D eigenvalue weighted by Crippen LogP contribution is -2.39. The van der Waals surface area contributed by atoms with Crippen LogP contribution in [-0.4, -0.2) is 16.9 Å². The molecule has 1 atom stereocenters. The van der Waals surface area contributed by atoms with E-state index in [9.17, 15) is 4.79 Å². The van der Waals surface area contributed by atoms with E-state index in [1.807, 2.05) is 37.3 Å². The average molecular weight is 243 g/mol. The number of nitrogens with two attached hydrogens (primary N) is 1. The lowest BCUT2D eigenvalue weighted by atomic mass is 10.1. The molecule has 0 aliphatic carbocycles. The number of nitrogens with zero attached hydrogens (tertiary/aromatic N) is 1. The zero-order chi connectivity index (χ0) is 13.0. The maximum Gasteiger partial charge on any atom is 0.237 e. The first kappa shape index (κ1) is 12.5. The van der Waals surface area contributed by atoms with Crippen LogP contribution in [0.2, 0.25) is 0 Å². The van der Waals surface area contributed by atoms with E-state index < -0.39 is 6.04 Å². The minimum Gasteiger partial charge on any atom is -0.351 e. The molecule has 0 aliphatic rings. The van der Waals surface area contributed by atoms with E-state index in [2.05, 4.69) is 10.3 Å². The fourth-order valence-electron chi connectivity index (χ4n) is 1.81. The summed E-state index contributed by atoms with van der Waals surface area (Å²) in [6, 6.07) is 9.40. The van der Waals surface area contributed by atoms with Gasteiger partial charge in [-0.05, 0) is 18.1 Å². The number of pyridine rings is 1. The second kappa shape index (κ2) is 5.60. The molecule has 0 bridgehead atoms. The van der Waals surface area contributed by atoms with Gasteiger partial charge in [0.15, 0.2) is 0 Å². The number of amides is 1. The van der Waals surface area contributed by atoms with E-state index in [-0.39, 0.29) is 5.91 Å². The number of aromatic nitrogens is 1. The molecular formula is C14H17N3O. The quantitative estimate of drug-likeness (QED) is 0.856. The SMILES string of the molecule is CC[C@H](N)C(=O)NCc1cccc2cccnc12. The fraction of sp³-hybridized carbons (Fsp3) is 0.286. The van der Waals surface area contributed by atoms with Gasteiger partial charge in [0.25, 0.3) is 0 Å². The molecule has 1 aromatic heterocycles. The second-order valence-electron chi connectivity index (χ2n) is 4.22. The van der Waals surface area contributed by atoms with Crippen LogP contribution in [0, 0.1) is 0 Å². The predicted octanol–water partition coefficient (Wildman–Crippen LogP) is 1.59. The molecule has 94 valence electrons. The van der Waals surface area contributed by atoms with Gasteiger partial charge in [0.05, 0.1) is 11.6 Å². The lowest BCUT2D eigenvalue weighted by molar-refractivity contribution is -0.122. The van der Waals surface area contributed by atoms with E-state index in [1.54, 1.807) is 6.20 Å². The summed E-state index contributed by atoms with van der Waals surface area (Å²) in [5.74, 6) is -0.120. The van der Waals surface area contributed by atoms with Crippen molar-refractivity contribution >= 4 is 16.8 Å². The van der Waals surface area contributed by atoms with Crippen molar-refractivity contribution in [2.75, 3.05) is 0 Å². The molecule has 0 fully saturated rings. The number of carbonyl (C=O) groups is 1. The molecule has 4 heteroatoms. The van der Waals surface area contributed by atoms with Crippen LogP contribution in [-0.2, 0) is 11.3 Å². The highest BCUT2D eigenvalue weighted by Gasteiger charge is 2.10. The van der Waals surface area contributed by atoms with Crippen molar-refractivity contribution in [3.63, 3.8) is 0 Å². The third-order valence-electron chi connectivity index (χ3n) is 2.95. The molecule has 4 nitrogen and oxygen atoms in total. The van der Waals surface area contributed by atoms with Crippen LogP contribution in [0.25, 0.3) is 10.9 Å². The Hall–Kier alpha value is -1.94. The summed E-state index contributed by atoms with van der Waals surface area (Å²) in [6.07, 6.45) is 2.39. The Labute approximate surface area is 106 Å². The summed E-state index contributed by atoms with van der Waals surface area (Å²) in [7, 11) is 0. The van der Waals surface area contributed by atoms with Gasteiger partial charge in [-0.2, -0.15) is 0 Å². The smallest absolute Gasteiger partial charge is 0.237 e. The van der Waals surface area contributed by atoms with Gasteiger partial charge < -0.3 is 11.1 Å². The van der Waals surface area contributed by atoms with Crippen LogP contribution in [0.1, 0.15) is 18.9 Å². The topological polar surface area (TPSA) is 68.0 Å². The van der Waals surface area contributed by atoms with Crippen LogP contribution in [0.15, 0.2) is 36.5 Å². The van der Waals surface area contributed by atoms with Gasteiger partial charge >= 0.3 is 0 Å². The van der Waals surface area contributed by atoms with Crippen molar-refractivity contribution in [1.29, 1.82) is 0 Å². The third kappa shape index (κ3) is 2.65. The highest BCUT2D eigenvalue weighted by molar-refractivity contribution is 5.84. The Morgan fingerprint density at radius 1 is 1.39 bits per heavy atom. The van der Waals surface area contributed by atoms with E-state index in [1.165, 1.54) is 0 Å². The van der Waals surface area contributed by atoms with Gasteiger partial charge in [0, 0.05) is 18.1 Å². The second-order valence-corrected chi connectivity index (χ2v) is 4.22. The molecule has 1 aromatic carbocycles. The number of hydrogen-bond acceptors (Lipinski definition) is 3. The minimum absolute atomic E-state index is 0.120. The number of benzene rings is 1. The van der Waals surface area contributed by atoms with Crippen LogP contribution in [0.3, 0.4) is 0 Å². The number of rotatable bonds is 4. The number of hydrogen-bond donors (Lipinski definition) is 2. The van der Waals surface area contributed by atoms with Crippen LogP contribution >= 0.6 is 0 Å². The third-order valence-corrected chi connectivity index (χ3v) is 2.95. The normalized spacial score (nSPS) is 12.3. The minimum atomic E-state index is -0.437. The Morgan fingerprint density at radius 2 is 2.17 bits per heavy atom. The van der Waals surface area contributed by atoms with Crippen LogP contribution in [0.5, 0.6) is 0 Å². The summed E-state index contributed by atoms with van der Waals surface area (Å²) in [6.45, 7) is 2.35. The van der Waals surface area contributed by atoms with Gasteiger partial charge in [0.1, 0.15) is 0 Å². The number of carbonyl (C=O) groups excluding carboxylic acids is 1. The monoisotopic (exact) mass is 243 g/mol. The van der Waals surface area contributed by atoms with Crippen molar-refractivity contribution < 1.29 is 4.79 Å². The predicted molar refractivity (Wildman–Crippen MR) is 71.9 cm³/mol. The highest BCUT2D eigenvalue weighted by Crippen LogP contribution is 2.15. The molecule has 3 N–H and O–H groups in total. The van der Waals surface area contributed by atoms with Crippen molar-refractivity contribution in [3.8, 4) is 0 Å². The van der Waals surface area contributed by atoms with Gasteiger partial charge in [-0.15, -0.1) is 0 Å². The maximum atomic E-state index is 11.6. The Morgan fingerprint density at radius 3 is 2.94 bits per heavy atom. The van der Waals surface area contributed by atoms with Gasteiger partial charge in [0.2, 0.25) is 5.91 Å². The molecule has 0 radical (unpaired) electrons. The molecule has 0 aliphatic heterocycles. The van der Waals surface area contributed by atoms with E-state index in [0.717, 1.165) is 16.5 Å².